The highest BCUT2D eigenvalue weighted by Crippen LogP contribution is 2.37. The van der Waals surface area contributed by atoms with Gasteiger partial charge < -0.3 is 10.1 Å². The van der Waals surface area contributed by atoms with Gasteiger partial charge in [0.25, 0.3) is 0 Å². The minimum atomic E-state index is 0.500. The van der Waals surface area contributed by atoms with Crippen LogP contribution in [0.25, 0.3) is 0 Å². The van der Waals surface area contributed by atoms with Gasteiger partial charge in [-0.1, -0.05) is 46.9 Å². The Hall–Kier alpha value is -0.930. The minimum Gasteiger partial charge on any atom is -0.454 e. The average molecular weight is 343 g/mol. The second-order valence-corrected chi connectivity index (χ2v) is 6.31. The van der Waals surface area contributed by atoms with Crippen molar-refractivity contribution in [3.05, 3.63) is 57.0 Å². The molecule has 0 aliphatic heterocycles. The average Bonchev–Trinajstić information content (AvgIpc) is 3.27. The van der Waals surface area contributed by atoms with E-state index in [0.29, 0.717) is 32.6 Å². The number of ether oxygens (including phenoxy) is 1. The number of nitrogens with one attached hydrogen (secondary N) is 1. The molecule has 1 fully saturated rings. The summed E-state index contributed by atoms with van der Waals surface area (Å²) in [6.45, 7) is 0.721. The van der Waals surface area contributed by atoms with Crippen molar-refractivity contribution in [1.82, 2.24) is 5.32 Å². The Morgan fingerprint density at radius 2 is 1.86 bits per heavy atom. The molecule has 2 aromatic rings. The fourth-order valence-electron chi connectivity index (χ4n) is 2.01. The van der Waals surface area contributed by atoms with Crippen LogP contribution in [-0.4, -0.2) is 6.04 Å². The maximum absolute atomic E-state index is 6.27. The summed E-state index contributed by atoms with van der Waals surface area (Å²) in [6.07, 6.45) is 2.47. The fraction of sp³-hybridized carbons (Fsp3) is 0.250. The van der Waals surface area contributed by atoms with Gasteiger partial charge in [-0.15, -0.1) is 0 Å². The van der Waals surface area contributed by atoms with E-state index in [-0.39, 0.29) is 0 Å². The molecule has 1 aliphatic rings. The van der Waals surface area contributed by atoms with Gasteiger partial charge in [-0.25, -0.2) is 0 Å². The molecule has 0 radical (unpaired) electrons. The largest absolute Gasteiger partial charge is 0.454 e. The molecule has 1 N–H and O–H groups in total. The maximum Gasteiger partial charge on any atom is 0.150 e. The molecule has 0 unspecified atom stereocenters. The standard InChI is InChI=1S/C16H14Cl3NO/c17-11-4-7-13(18)15(8-11)21-16-10(2-1-3-14(16)19)9-20-12-5-6-12/h1-4,7-8,12,20H,5-6,9H2. The highest BCUT2D eigenvalue weighted by molar-refractivity contribution is 6.34. The van der Waals surface area contributed by atoms with Crippen LogP contribution in [0, 0.1) is 0 Å². The number of halogens is 3. The number of hydrogen-bond donors (Lipinski definition) is 1. The topological polar surface area (TPSA) is 21.3 Å². The van der Waals surface area contributed by atoms with E-state index in [9.17, 15) is 0 Å². The van der Waals surface area contributed by atoms with Crippen molar-refractivity contribution in [2.75, 3.05) is 0 Å². The summed E-state index contributed by atoms with van der Waals surface area (Å²) in [5.74, 6) is 1.13. The fourth-order valence-corrected chi connectivity index (χ4v) is 2.57. The van der Waals surface area contributed by atoms with E-state index in [1.54, 1.807) is 24.3 Å². The van der Waals surface area contributed by atoms with Gasteiger partial charge in [0, 0.05) is 29.2 Å². The minimum absolute atomic E-state index is 0.500. The number of rotatable bonds is 5. The quantitative estimate of drug-likeness (QED) is 0.753. The molecule has 0 aromatic heterocycles. The van der Waals surface area contributed by atoms with Gasteiger partial charge in [0.05, 0.1) is 10.0 Å². The Kier molecular flexibility index (Phi) is 4.60. The van der Waals surface area contributed by atoms with Crippen molar-refractivity contribution in [3.8, 4) is 11.5 Å². The molecule has 21 heavy (non-hydrogen) atoms. The van der Waals surface area contributed by atoms with E-state index >= 15 is 0 Å². The Balaban J connectivity index is 1.87. The Bertz CT molecular complexity index is 656. The van der Waals surface area contributed by atoms with Gasteiger partial charge in [0.15, 0.2) is 5.75 Å². The molecule has 0 atom stereocenters. The summed E-state index contributed by atoms with van der Waals surface area (Å²) in [7, 11) is 0. The van der Waals surface area contributed by atoms with E-state index in [2.05, 4.69) is 5.32 Å². The van der Waals surface area contributed by atoms with Crippen LogP contribution in [-0.2, 0) is 6.54 Å². The van der Waals surface area contributed by atoms with Crippen molar-refractivity contribution in [1.29, 1.82) is 0 Å². The lowest BCUT2D eigenvalue weighted by Crippen LogP contribution is -2.15. The Morgan fingerprint density at radius 1 is 1.05 bits per heavy atom. The molecule has 2 nitrogen and oxygen atoms in total. The number of benzene rings is 2. The van der Waals surface area contributed by atoms with E-state index < -0.39 is 0 Å². The highest BCUT2D eigenvalue weighted by Gasteiger charge is 2.21. The van der Waals surface area contributed by atoms with Gasteiger partial charge in [-0.05, 0) is 31.0 Å². The van der Waals surface area contributed by atoms with Crippen LogP contribution in [0.15, 0.2) is 36.4 Å². The van der Waals surface area contributed by atoms with E-state index in [0.717, 1.165) is 12.1 Å². The third-order valence-corrected chi connectivity index (χ3v) is 4.16. The zero-order chi connectivity index (χ0) is 14.8. The summed E-state index contributed by atoms with van der Waals surface area (Å²) in [5, 5.41) is 5.08. The van der Waals surface area contributed by atoms with Crippen LogP contribution in [0.4, 0.5) is 0 Å². The molecule has 3 rings (SSSR count). The second kappa shape index (κ2) is 6.45. The van der Waals surface area contributed by atoms with Gasteiger partial charge >= 0.3 is 0 Å². The molecular weight excluding hydrogens is 329 g/mol. The third-order valence-electron chi connectivity index (χ3n) is 3.31. The molecular formula is C16H14Cl3NO. The molecule has 0 bridgehead atoms. The highest BCUT2D eigenvalue weighted by atomic mass is 35.5. The molecule has 110 valence electrons. The number of hydrogen-bond acceptors (Lipinski definition) is 2. The first-order chi connectivity index (χ1) is 10.1. The SMILES string of the molecule is Clc1ccc(Cl)c(Oc2c(Cl)cccc2CNC2CC2)c1. The maximum atomic E-state index is 6.27. The van der Waals surface area contributed by atoms with Crippen LogP contribution >= 0.6 is 34.8 Å². The first-order valence-electron chi connectivity index (χ1n) is 6.77. The third kappa shape index (κ3) is 3.83. The van der Waals surface area contributed by atoms with E-state index in [1.165, 1.54) is 12.8 Å². The second-order valence-electron chi connectivity index (χ2n) is 5.06. The molecule has 0 amide bonds. The van der Waals surface area contributed by atoms with Gasteiger partial charge in [0.1, 0.15) is 5.75 Å². The molecule has 1 aliphatic carbocycles. The van der Waals surface area contributed by atoms with Gasteiger partial charge in [-0.2, -0.15) is 0 Å². The Labute approximate surface area is 139 Å². The van der Waals surface area contributed by atoms with Crippen LogP contribution in [0.3, 0.4) is 0 Å². The summed E-state index contributed by atoms with van der Waals surface area (Å²) in [4.78, 5) is 0. The van der Waals surface area contributed by atoms with Crippen molar-refractivity contribution >= 4 is 34.8 Å². The lowest BCUT2D eigenvalue weighted by Gasteiger charge is -2.14. The van der Waals surface area contributed by atoms with Crippen molar-refractivity contribution in [3.63, 3.8) is 0 Å². The van der Waals surface area contributed by atoms with Crippen LogP contribution in [0.1, 0.15) is 18.4 Å². The van der Waals surface area contributed by atoms with E-state index in [1.807, 2.05) is 12.1 Å². The summed E-state index contributed by atoms with van der Waals surface area (Å²) < 4.78 is 5.92. The predicted octanol–water partition coefficient (Wildman–Crippen LogP) is 5.69. The zero-order valence-electron chi connectivity index (χ0n) is 11.2. The molecule has 0 saturated heterocycles. The summed E-state index contributed by atoms with van der Waals surface area (Å²) >= 11 is 18.4. The molecule has 2 aromatic carbocycles. The van der Waals surface area contributed by atoms with Gasteiger partial charge in [-0.3, -0.25) is 0 Å². The van der Waals surface area contributed by atoms with Crippen molar-refractivity contribution in [2.24, 2.45) is 0 Å². The zero-order valence-corrected chi connectivity index (χ0v) is 13.5. The van der Waals surface area contributed by atoms with Crippen LogP contribution < -0.4 is 10.1 Å². The Morgan fingerprint density at radius 3 is 2.62 bits per heavy atom. The molecule has 0 spiro atoms. The van der Waals surface area contributed by atoms with E-state index in [4.69, 9.17) is 39.5 Å². The molecule has 1 saturated carbocycles. The van der Waals surface area contributed by atoms with Crippen molar-refractivity contribution < 1.29 is 4.74 Å². The summed E-state index contributed by atoms with van der Waals surface area (Å²) in [6, 6.07) is 11.4. The molecule has 5 heteroatoms. The first kappa shape index (κ1) is 15.0. The predicted molar refractivity (Wildman–Crippen MR) is 87.8 cm³/mol. The first-order valence-corrected chi connectivity index (χ1v) is 7.90. The van der Waals surface area contributed by atoms with Crippen molar-refractivity contribution in [2.45, 2.75) is 25.4 Å². The normalized spacial score (nSPS) is 14.2. The monoisotopic (exact) mass is 341 g/mol. The van der Waals surface area contributed by atoms with Crippen LogP contribution in [0.2, 0.25) is 15.1 Å². The summed E-state index contributed by atoms with van der Waals surface area (Å²) in [5.41, 5.74) is 1.01. The van der Waals surface area contributed by atoms with Gasteiger partial charge in [0.2, 0.25) is 0 Å². The van der Waals surface area contributed by atoms with Crippen LogP contribution in [0.5, 0.6) is 11.5 Å². The molecule has 0 heterocycles. The smallest absolute Gasteiger partial charge is 0.150 e. The lowest BCUT2D eigenvalue weighted by molar-refractivity contribution is 0.473. The number of para-hydroxylation sites is 1. The lowest BCUT2D eigenvalue weighted by atomic mass is 10.2.